The number of nitrogens with zero attached hydrogens (tertiary/aromatic N) is 1. The van der Waals surface area contributed by atoms with E-state index in [0.29, 0.717) is 26.1 Å². The molecule has 1 atom stereocenters. The van der Waals surface area contributed by atoms with E-state index in [0.717, 1.165) is 37.6 Å². The van der Waals surface area contributed by atoms with E-state index in [-0.39, 0.29) is 28.8 Å². The van der Waals surface area contributed by atoms with Crippen LogP contribution in [0.2, 0.25) is 0 Å². The van der Waals surface area contributed by atoms with Crippen LogP contribution in [0.15, 0.2) is 23.1 Å². The Hall–Kier alpha value is -2.04. The molecule has 1 aliphatic rings. The molecule has 0 spiro atoms. The molecule has 2 amide bonds. The highest BCUT2D eigenvalue weighted by Gasteiger charge is 2.23. The summed E-state index contributed by atoms with van der Waals surface area (Å²) in [6.07, 6.45) is 2.32. The summed E-state index contributed by atoms with van der Waals surface area (Å²) in [7, 11) is -3.78. The molecule has 2 rings (SSSR count). The molecule has 0 radical (unpaired) electrons. The summed E-state index contributed by atoms with van der Waals surface area (Å²) in [4.78, 5) is 25.5. The summed E-state index contributed by atoms with van der Waals surface area (Å²) < 4.78 is 40.3. The summed E-state index contributed by atoms with van der Waals surface area (Å²) >= 11 is 0. The zero-order valence-electron chi connectivity index (χ0n) is 15.9. The molecule has 156 valence electrons. The molecule has 10 heteroatoms. The Bertz CT molecular complexity index is 816. The van der Waals surface area contributed by atoms with Crippen molar-refractivity contribution in [1.82, 2.24) is 14.9 Å². The minimum atomic E-state index is -3.78. The molecule has 8 nitrogen and oxygen atoms in total. The Morgan fingerprint density at radius 2 is 2.11 bits per heavy atom. The van der Waals surface area contributed by atoms with E-state index < -0.39 is 21.7 Å². The second-order valence-corrected chi connectivity index (χ2v) is 8.56. The van der Waals surface area contributed by atoms with Crippen LogP contribution in [0.5, 0.6) is 0 Å². The molecular formula is C18H27FN4O4S. The molecule has 0 aliphatic carbocycles. The van der Waals surface area contributed by atoms with Gasteiger partial charge in [-0.25, -0.2) is 17.5 Å². The standard InChI is InChI=1S/C18H27FN4O4S/c1-2-22-28(26,27)14-6-7-16(19)15(11-14)18(25)21-8-4-10-23-9-3-5-13(12-23)17(20)24/h6-7,11,13,22H,2-5,8-10,12H2,1H3,(H2,20,24)(H,21,25). The van der Waals surface area contributed by atoms with E-state index in [4.69, 9.17) is 5.73 Å². The number of halogens is 1. The van der Waals surface area contributed by atoms with Gasteiger partial charge in [-0.15, -0.1) is 0 Å². The number of nitrogens with one attached hydrogen (secondary N) is 2. The van der Waals surface area contributed by atoms with Crippen molar-refractivity contribution in [2.45, 2.75) is 31.1 Å². The molecule has 1 unspecified atom stereocenters. The number of amides is 2. The van der Waals surface area contributed by atoms with Gasteiger partial charge in [-0.1, -0.05) is 6.92 Å². The maximum Gasteiger partial charge on any atom is 0.254 e. The molecular weight excluding hydrogens is 387 g/mol. The minimum Gasteiger partial charge on any atom is -0.369 e. The normalized spacial score (nSPS) is 18.0. The van der Waals surface area contributed by atoms with Crippen LogP contribution in [0.25, 0.3) is 0 Å². The van der Waals surface area contributed by atoms with Gasteiger partial charge >= 0.3 is 0 Å². The summed E-state index contributed by atoms with van der Waals surface area (Å²) in [6.45, 7) is 4.29. The fourth-order valence-corrected chi connectivity index (χ4v) is 4.28. The van der Waals surface area contributed by atoms with Crippen molar-refractivity contribution in [3.05, 3.63) is 29.6 Å². The first-order chi connectivity index (χ1) is 13.2. The topological polar surface area (TPSA) is 122 Å². The van der Waals surface area contributed by atoms with Crippen molar-refractivity contribution >= 4 is 21.8 Å². The van der Waals surface area contributed by atoms with Gasteiger partial charge in [0.15, 0.2) is 0 Å². The fraction of sp³-hybridized carbons (Fsp3) is 0.556. The molecule has 1 saturated heterocycles. The second kappa shape index (κ2) is 9.94. The third kappa shape index (κ3) is 5.98. The van der Waals surface area contributed by atoms with E-state index in [2.05, 4.69) is 14.9 Å². The van der Waals surface area contributed by atoms with Gasteiger partial charge in [-0.05, 0) is 50.6 Å². The van der Waals surface area contributed by atoms with E-state index >= 15 is 0 Å². The van der Waals surface area contributed by atoms with Gasteiger partial charge in [0.25, 0.3) is 5.91 Å². The summed E-state index contributed by atoms with van der Waals surface area (Å²) in [5, 5.41) is 2.61. The number of benzene rings is 1. The second-order valence-electron chi connectivity index (χ2n) is 6.79. The third-order valence-electron chi connectivity index (χ3n) is 4.67. The quantitative estimate of drug-likeness (QED) is 0.506. The molecule has 4 N–H and O–H groups in total. The highest BCUT2D eigenvalue weighted by molar-refractivity contribution is 7.89. The van der Waals surface area contributed by atoms with Gasteiger partial charge in [0.2, 0.25) is 15.9 Å². The van der Waals surface area contributed by atoms with Crippen LogP contribution in [-0.4, -0.2) is 57.9 Å². The SMILES string of the molecule is CCNS(=O)(=O)c1ccc(F)c(C(=O)NCCCN2CCCC(C(N)=O)C2)c1. The first-order valence-electron chi connectivity index (χ1n) is 9.33. The Morgan fingerprint density at radius 1 is 1.36 bits per heavy atom. The minimum absolute atomic E-state index is 0.140. The van der Waals surface area contributed by atoms with Crippen LogP contribution in [0.3, 0.4) is 0 Å². The van der Waals surface area contributed by atoms with Crippen LogP contribution in [0.1, 0.15) is 36.5 Å². The van der Waals surface area contributed by atoms with Crippen LogP contribution in [0, 0.1) is 11.7 Å². The van der Waals surface area contributed by atoms with Crippen LogP contribution < -0.4 is 15.8 Å². The number of likely N-dealkylation sites (tertiary alicyclic amines) is 1. The maximum atomic E-state index is 14.0. The van der Waals surface area contributed by atoms with Crippen molar-refractivity contribution < 1.29 is 22.4 Å². The highest BCUT2D eigenvalue weighted by Crippen LogP contribution is 2.17. The predicted octanol–water partition coefficient (Wildman–Crippen LogP) is 0.441. The fourth-order valence-electron chi connectivity index (χ4n) is 3.21. The molecule has 28 heavy (non-hydrogen) atoms. The molecule has 1 aromatic rings. The van der Waals surface area contributed by atoms with E-state index in [1.807, 2.05) is 0 Å². The number of carbonyl (C=O) groups excluding carboxylic acids is 2. The molecule has 1 fully saturated rings. The number of piperidine rings is 1. The number of primary amides is 1. The van der Waals surface area contributed by atoms with Crippen LogP contribution in [0.4, 0.5) is 4.39 Å². The van der Waals surface area contributed by atoms with Gasteiger partial charge in [0.1, 0.15) is 5.82 Å². The smallest absolute Gasteiger partial charge is 0.254 e. The van der Waals surface area contributed by atoms with Gasteiger partial charge in [0.05, 0.1) is 16.4 Å². The molecule has 0 bridgehead atoms. The van der Waals surface area contributed by atoms with Crippen molar-refractivity contribution in [3.63, 3.8) is 0 Å². The molecule has 1 aliphatic heterocycles. The van der Waals surface area contributed by atoms with Crippen molar-refractivity contribution in [2.75, 3.05) is 32.7 Å². The van der Waals surface area contributed by atoms with E-state index in [1.165, 1.54) is 0 Å². The van der Waals surface area contributed by atoms with Gasteiger partial charge < -0.3 is 16.0 Å². The molecule has 1 aromatic carbocycles. The molecule has 0 aromatic heterocycles. The lowest BCUT2D eigenvalue weighted by Crippen LogP contribution is -2.42. The van der Waals surface area contributed by atoms with Crippen molar-refractivity contribution in [1.29, 1.82) is 0 Å². The van der Waals surface area contributed by atoms with Gasteiger partial charge in [-0.2, -0.15) is 0 Å². The van der Waals surface area contributed by atoms with Crippen LogP contribution in [-0.2, 0) is 14.8 Å². The maximum absolute atomic E-state index is 14.0. The highest BCUT2D eigenvalue weighted by atomic mass is 32.2. The van der Waals surface area contributed by atoms with Crippen LogP contribution >= 0.6 is 0 Å². The average molecular weight is 415 g/mol. The summed E-state index contributed by atoms with van der Waals surface area (Å²) in [6, 6.07) is 3.12. The lowest BCUT2D eigenvalue weighted by Gasteiger charge is -2.31. The summed E-state index contributed by atoms with van der Waals surface area (Å²) in [5.74, 6) is -1.88. The third-order valence-corrected chi connectivity index (χ3v) is 6.21. The largest absolute Gasteiger partial charge is 0.369 e. The lowest BCUT2D eigenvalue weighted by molar-refractivity contribution is -0.123. The number of hydrogen-bond donors (Lipinski definition) is 3. The Morgan fingerprint density at radius 3 is 2.79 bits per heavy atom. The first kappa shape index (κ1) is 22.3. The average Bonchev–Trinajstić information content (AvgIpc) is 2.65. The van der Waals surface area contributed by atoms with Crippen molar-refractivity contribution in [3.8, 4) is 0 Å². The Kier molecular flexibility index (Phi) is 7.90. The van der Waals surface area contributed by atoms with E-state index in [9.17, 15) is 22.4 Å². The zero-order valence-corrected chi connectivity index (χ0v) is 16.7. The number of rotatable bonds is 9. The molecule has 1 heterocycles. The zero-order chi connectivity index (χ0) is 20.7. The summed E-state index contributed by atoms with van der Waals surface area (Å²) in [5.41, 5.74) is 5.04. The number of hydrogen-bond acceptors (Lipinski definition) is 5. The number of nitrogens with two attached hydrogens (primary N) is 1. The van der Waals surface area contributed by atoms with Crippen molar-refractivity contribution in [2.24, 2.45) is 11.7 Å². The van der Waals surface area contributed by atoms with E-state index in [1.54, 1.807) is 6.92 Å². The monoisotopic (exact) mass is 414 g/mol. The lowest BCUT2D eigenvalue weighted by atomic mass is 9.97. The number of carbonyl (C=O) groups is 2. The van der Waals surface area contributed by atoms with Gasteiger partial charge in [-0.3, -0.25) is 9.59 Å². The van der Waals surface area contributed by atoms with Gasteiger partial charge in [0, 0.05) is 19.6 Å². The Balaban J connectivity index is 1.88. The Labute approximate surface area is 164 Å². The predicted molar refractivity (Wildman–Crippen MR) is 103 cm³/mol. The first-order valence-corrected chi connectivity index (χ1v) is 10.8. The number of sulfonamides is 1. The molecule has 0 saturated carbocycles.